The molecule has 0 radical (unpaired) electrons. The Balaban J connectivity index is 1.66. The van der Waals surface area contributed by atoms with Gasteiger partial charge in [0.1, 0.15) is 0 Å². The second kappa shape index (κ2) is 10.0. The van der Waals surface area contributed by atoms with E-state index in [2.05, 4.69) is 10.6 Å². The lowest BCUT2D eigenvalue weighted by Gasteiger charge is -2.35. The highest BCUT2D eigenvalue weighted by Gasteiger charge is 2.35. The number of anilines is 1. The van der Waals surface area contributed by atoms with Gasteiger partial charge in [-0.1, -0.05) is 41.8 Å². The number of sulfonamides is 1. The molecule has 0 bridgehead atoms. The number of piperidine rings is 1. The third-order valence-electron chi connectivity index (χ3n) is 5.59. The van der Waals surface area contributed by atoms with Crippen molar-refractivity contribution in [2.24, 2.45) is 0 Å². The van der Waals surface area contributed by atoms with Crippen LogP contribution in [0.2, 0.25) is 5.02 Å². The van der Waals surface area contributed by atoms with Crippen molar-refractivity contribution >= 4 is 33.3 Å². The Morgan fingerprint density at radius 2 is 1.84 bits per heavy atom. The summed E-state index contributed by atoms with van der Waals surface area (Å²) in [6.07, 6.45) is 3.19. The number of benzene rings is 2. The topological polar surface area (TPSA) is 78.5 Å². The maximum Gasteiger partial charge on any atom is 0.319 e. The maximum atomic E-state index is 13.5. The molecule has 2 N–H and O–H groups in total. The molecule has 2 amide bonds. The van der Waals surface area contributed by atoms with E-state index in [9.17, 15) is 13.2 Å². The largest absolute Gasteiger partial charge is 0.338 e. The molecule has 1 saturated heterocycles. The molecule has 1 fully saturated rings. The van der Waals surface area contributed by atoms with Gasteiger partial charge in [-0.25, -0.2) is 13.2 Å². The summed E-state index contributed by atoms with van der Waals surface area (Å²) < 4.78 is 28.7. The van der Waals surface area contributed by atoms with Crippen LogP contribution < -0.4 is 10.6 Å². The number of hydrogen-bond acceptors (Lipinski definition) is 3. The summed E-state index contributed by atoms with van der Waals surface area (Å²) in [7, 11) is -3.60. The predicted molar refractivity (Wildman–Crippen MR) is 125 cm³/mol. The van der Waals surface area contributed by atoms with E-state index in [0.717, 1.165) is 36.0 Å². The molecule has 1 heterocycles. The highest BCUT2D eigenvalue weighted by atomic mass is 35.5. The van der Waals surface area contributed by atoms with E-state index in [-0.39, 0.29) is 12.1 Å². The number of carbonyl (C=O) groups is 1. The highest BCUT2D eigenvalue weighted by molar-refractivity contribution is 7.89. The molecule has 2 aromatic carbocycles. The zero-order valence-corrected chi connectivity index (χ0v) is 19.8. The number of halogens is 1. The molecule has 6 nitrogen and oxygen atoms in total. The van der Waals surface area contributed by atoms with Gasteiger partial charge in [-0.3, -0.25) is 0 Å². The van der Waals surface area contributed by atoms with Gasteiger partial charge in [-0.05, 0) is 69.4 Å². The molecule has 8 heteroatoms. The van der Waals surface area contributed by atoms with E-state index >= 15 is 0 Å². The molecule has 31 heavy (non-hydrogen) atoms. The molecule has 2 aromatic rings. The van der Waals surface area contributed by atoms with Crippen molar-refractivity contribution in [2.75, 3.05) is 18.4 Å². The molecule has 3 rings (SSSR count). The number of nitrogens with zero attached hydrogens (tertiary/aromatic N) is 1. The Bertz CT molecular complexity index is 1030. The molecule has 1 atom stereocenters. The van der Waals surface area contributed by atoms with E-state index in [4.69, 9.17) is 11.6 Å². The first kappa shape index (κ1) is 23.6. The van der Waals surface area contributed by atoms with Crippen molar-refractivity contribution in [3.05, 3.63) is 58.1 Å². The van der Waals surface area contributed by atoms with Crippen molar-refractivity contribution in [3.8, 4) is 0 Å². The second-order valence-corrected chi connectivity index (χ2v) is 10.4. The van der Waals surface area contributed by atoms with E-state index in [0.29, 0.717) is 35.1 Å². The molecule has 1 unspecified atom stereocenters. The molecule has 0 aromatic heterocycles. The quantitative estimate of drug-likeness (QED) is 0.631. The van der Waals surface area contributed by atoms with Crippen LogP contribution in [-0.4, -0.2) is 37.9 Å². The molecule has 0 spiro atoms. The Labute approximate surface area is 190 Å². The molecule has 0 saturated carbocycles. The van der Waals surface area contributed by atoms with Gasteiger partial charge in [0.25, 0.3) is 0 Å². The third-order valence-corrected chi connectivity index (χ3v) is 8.08. The summed E-state index contributed by atoms with van der Waals surface area (Å²) in [4.78, 5) is 12.6. The van der Waals surface area contributed by atoms with Crippen molar-refractivity contribution in [2.45, 2.75) is 57.4 Å². The number of rotatable bonds is 6. The normalized spacial score (nSPS) is 17.4. The van der Waals surface area contributed by atoms with Crippen LogP contribution in [-0.2, 0) is 10.0 Å². The van der Waals surface area contributed by atoms with Crippen molar-refractivity contribution in [1.82, 2.24) is 9.62 Å². The van der Waals surface area contributed by atoms with Crippen LogP contribution in [0.15, 0.2) is 41.3 Å². The lowest BCUT2D eigenvalue weighted by Crippen LogP contribution is -2.45. The zero-order valence-electron chi connectivity index (χ0n) is 18.2. The minimum atomic E-state index is -3.60. The summed E-state index contributed by atoms with van der Waals surface area (Å²) in [5, 5.41) is 6.11. The maximum absolute atomic E-state index is 13.5. The van der Waals surface area contributed by atoms with Crippen molar-refractivity contribution < 1.29 is 13.2 Å². The Morgan fingerprint density at radius 3 is 2.52 bits per heavy atom. The van der Waals surface area contributed by atoms with E-state index < -0.39 is 10.0 Å². The summed E-state index contributed by atoms with van der Waals surface area (Å²) in [5.41, 5.74) is 3.22. The van der Waals surface area contributed by atoms with Crippen LogP contribution in [0.3, 0.4) is 0 Å². The smallest absolute Gasteiger partial charge is 0.319 e. The van der Waals surface area contributed by atoms with Gasteiger partial charge in [0.15, 0.2) is 0 Å². The van der Waals surface area contributed by atoms with Gasteiger partial charge < -0.3 is 10.6 Å². The van der Waals surface area contributed by atoms with Gasteiger partial charge in [-0.15, -0.1) is 0 Å². The van der Waals surface area contributed by atoms with Gasteiger partial charge in [-0.2, -0.15) is 4.31 Å². The molecule has 1 aliphatic heterocycles. The molecular formula is C23H30ClN3O3S. The highest BCUT2D eigenvalue weighted by Crippen LogP contribution is 2.31. The first-order valence-corrected chi connectivity index (χ1v) is 12.4. The van der Waals surface area contributed by atoms with Crippen LogP contribution in [0.1, 0.15) is 42.4 Å². The van der Waals surface area contributed by atoms with Gasteiger partial charge in [0.05, 0.1) is 4.90 Å². The predicted octanol–water partition coefficient (Wildman–Crippen LogP) is 5.02. The fraction of sp³-hybridized carbons (Fsp3) is 0.435. The van der Waals surface area contributed by atoms with Crippen LogP contribution in [0.25, 0.3) is 0 Å². The minimum absolute atomic E-state index is 0.134. The SMILES string of the molecule is Cc1cc(C)c(S(=O)(=O)N2CCCCC2CCNC(=O)Nc2cccc(Cl)c2)c(C)c1. The average molecular weight is 464 g/mol. The monoisotopic (exact) mass is 463 g/mol. The summed E-state index contributed by atoms with van der Waals surface area (Å²) >= 11 is 5.94. The van der Waals surface area contributed by atoms with E-state index in [1.807, 2.05) is 32.9 Å². The molecule has 168 valence electrons. The number of carbonyl (C=O) groups excluding carboxylic acids is 1. The van der Waals surface area contributed by atoms with Gasteiger partial charge >= 0.3 is 6.03 Å². The van der Waals surface area contributed by atoms with Crippen molar-refractivity contribution in [1.29, 1.82) is 0 Å². The first-order valence-electron chi connectivity index (χ1n) is 10.6. The lowest BCUT2D eigenvalue weighted by molar-refractivity contribution is 0.234. The third kappa shape index (κ3) is 5.79. The number of hydrogen-bond donors (Lipinski definition) is 2. The number of nitrogens with one attached hydrogen (secondary N) is 2. The fourth-order valence-corrected chi connectivity index (χ4v) is 6.69. The standard InChI is InChI=1S/C23H30ClN3O3S/c1-16-13-17(2)22(18(3)14-16)31(29,30)27-12-5-4-9-21(27)10-11-25-23(28)26-20-8-6-7-19(24)15-20/h6-8,13-15,21H,4-5,9-12H2,1-3H3,(H2,25,26,28). The molecular weight excluding hydrogens is 434 g/mol. The van der Waals surface area contributed by atoms with Crippen molar-refractivity contribution in [3.63, 3.8) is 0 Å². The number of urea groups is 1. The summed E-state index contributed by atoms with van der Waals surface area (Å²) in [6.45, 7) is 6.57. The minimum Gasteiger partial charge on any atom is -0.338 e. The second-order valence-electron chi connectivity index (χ2n) is 8.17. The van der Waals surface area contributed by atoms with Gasteiger partial charge in [0, 0.05) is 29.8 Å². The zero-order chi connectivity index (χ0) is 22.6. The first-order chi connectivity index (χ1) is 14.7. The van der Waals surface area contributed by atoms with Gasteiger partial charge in [0.2, 0.25) is 10.0 Å². The fourth-order valence-electron chi connectivity index (χ4n) is 4.36. The Kier molecular flexibility index (Phi) is 7.62. The van der Waals surface area contributed by atoms with Crippen LogP contribution in [0.4, 0.5) is 10.5 Å². The molecule has 0 aliphatic carbocycles. The summed E-state index contributed by atoms with van der Waals surface area (Å²) in [5.74, 6) is 0. The summed E-state index contributed by atoms with van der Waals surface area (Å²) in [6, 6.07) is 10.3. The van der Waals surface area contributed by atoms with Crippen LogP contribution in [0, 0.1) is 20.8 Å². The molecule has 1 aliphatic rings. The number of aryl methyl sites for hydroxylation is 3. The van der Waals surface area contributed by atoms with Crippen LogP contribution >= 0.6 is 11.6 Å². The van der Waals surface area contributed by atoms with Crippen LogP contribution in [0.5, 0.6) is 0 Å². The Morgan fingerprint density at radius 1 is 1.13 bits per heavy atom. The number of amides is 2. The van der Waals surface area contributed by atoms with E-state index in [1.54, 1.807) is 28.6 Å². The lowest BCUT2D eigenvalue weighted by atomic mass is 10.0. The average Bonchev–Trinajstić information content (AvgIpc) is 2.67. The van der Waals surface area contributed by atoms with E-state index in [1.165, 1.54) is 0 Å². The Hall–Kier alpha value is -2.09.